The van der Waals surface area contributed by atoms with E-state index in [1.165, 1.54) is 6.07 Å². The Balaban J connectivity index is 1.53. The Hall–Kier alpha value is -3.20. The summed E-state index contributed by atoms with van der Waals surface area (Å²) in [5.41, 5.74) is 1.48. The highest BCUT2D eigenvalue weighted by Gasteiger charge is 2.26. The number of nitrogens with zero attached hydrogens (tertiary/aromatic N) is 7. The lowest BCUT2D eigenvalue weighted by Gasteiger charge is -2.35. The molecule has 1 saturated heterocycles. The number of para-hydroxylation sites is 1. The van der Waals surface area contributed by atoms with Crippen molar-refractivity contribution < 1.29 is 4.92 Å². The monoisotopic (exact) mass is 385 g/mol. The summed E-state index contributed by atoms with van der Waals surface area (Å²) >= 11 is 5.91. The predicted octanol–water partition coefficient (Wildman–Crippen LogP) is 2.55. The average molecular weight is 386 g/mol. The van der Waals surface area contributed by atoms with Gasteiger partial charge in [-0.2, -0.15) is 4.68 Å². The molecular formula is C17H16ClN7O2. The molecule has 2 aromatic carbocycles. The molecule has 3 aromatic rings. The Kier molecular flexibility index (Phi) is 4.59. The molecule has 0 atom stereocenters. The van der Waals surface area contributed by atoms with Gasteiger partial charge in [-0.3, -0.25) is 10.1 Å². The Morgan fingerprint density at radius 3 is 2.41 bits per heavy atom. The highest BCUT2D eigenvalue weighted by molar-refractivity contribution is 6.30. The first-order chi connectivity index (χ1) is 13.1. The number of aromatic nitrogens is 4. The number of tetrazole rings is 1. The number of rotatable bonds is 4. The van der Waals surface area contributed by atoms with Crippen LogP contribution < -0.4 is 9.80 Å². The molecule has 0 aliphatic carbocycles. The molecule has 2 heterocycles. The molecule has 4 rings (SSSR count). The van der Waals surface area contributed by atoms with Crippen molar-refractivity contribution in [3.05, 3.63) is 63.7 Å². The molecule has 0 bridgehead atoms. The van der Waals surface area contributed by atoms with Gasteiger partial charge in [0.15, 0.2) is 0 Å². The first kappa shape index (κ1) is 17.2. The first-order valence-corrected chi connectivity index (χ1v) is 8.79. The van der Waals surface area contributed by atoms with Gasteiger partial charge in [-0.25, -0.2) is 0 Å². The number of anilines is 2. The van der Waals surface area contributed by atoms with E-state index in [0.29, 0.717) is 42.8 Å². The number of nitro groups is 1. The van der Waals surface area contributed by atoms with Crippen LogP contribution in [0.2, 0.25) is 5.02 Å². The highest BCUT2D eigenvalue weighted by Crippen LogP contribution is 2.32. The van der Waals surface area contributed by atoms with Crippen LogP contribution in [0, 0.1) is 10.1 Å². The second kappa shape index (κ2) is 7.20. The number of nitro benzene ring substituents is 1. The lowest BCUT2D eigenvalue weighted by molar-refractivity contribution is -0.384. The third kappa shape index (κ3) is 3.41. The molecule has 0 radical (unpaired) electrons. The van der Waals surface area contributed by atoms with Gasteiger partial charge in [0.2, 0.25) is 5.95 Å². The van der Waals surface area contributed by atoms with E-state index >= 15 is 0 Å². The summed E-state index contributed by atoms with van der Waals surface area (Å²) in [5, 5.41) is 23.7. The summed E-state index contributed by atoms with van der Waals surface area (Å²) < 4.78 is 1.69. The van der Waals surface area contributed by atoms with Gasteiger partial charge in [-0.05, 0) is 34.7 Å². The van der Waals surface area contributed by atoms with Crippen LogP contribution in [0.1, 0.15) is 0 Å². The topological polar surface area (TPSA) is 93.2 Å². The van der Waals surface area contributed by atoms with Crippen LogP contribution in [0.5, 0.6) is 0 Å². The average Bonchev–Trinajstić information content (AvgIpc) is 3.18. The number of benzene rings is 2. The Bertz CT molecular complexity index is 955. The van der Waals surface area contributed by atoms with Crippen molar-refractivity contribution in [3.8, 4) is 5.69 Å². The molecule has 0 amide bonds. The number of hydrogen-bond donors (Lipinski definition) is 0. The van der Waals surface area contributed by atoms with Crippen molar-refractivity contribution in [2.45, 2.75) is 0 Å². The molecule has 1 aliphatic heterocycles. The smallest absolute Gasteiger partial charge is 0.294 e. The fourth-order valence-corrected chi connectivity index (χ4v) is 3.34. The highest BCUT2D eigenvalue weighted by atomic mass is 35.5. The number of hydrogen-bond acceptors (Lipinski definition) is 7. The molecule has 27 heavy (non-hydrogen) atoms. The van der Waals surface area contributed by atoms with Gasteiger partial charge in [0, 0.05) is 37.3 Å². The minimum absolute atomic E-state index is 0.0186. The Morgan fingerprint density at radius 1 is 1.00 bits per heavy atom. The Labute approximate surface area is 159 Å². The molecular weight excluding hydrogens is 370 g/mol. The molecule has 138 valence electrons. The van der Waals surface area contributed by atoms with Gasteiger partial charge in [0.1, 0.15) is 5.69 Å². The third-order valence-electron chi connectivity index (χ3n) is 4.49. The largest absolute Gasteiger partial charge is 0.362 e. The zero-order valence-corrected chi connectivity index (χ0v) is 15.0. The summed E-state index contributed by atoms with van der Waals surface area (Å²) in [5.74, 6) is 0.659. The van der Waals surface area contributed by atoms with Gasteiger partial charge in [0.25, 0.3) is 5.69 Å². The van der Waals surface area contributed by atoms with Crippen LogP contribution in [0.25, 0.3) is 5.69 Å². The normalized spacial score (nSPS) is 14.4. The number of halogens is 1. The Morgan fingerprint density at radius 2 is 1.70 bits per heavy atom. The van der Waals surface area contributed by atoms with E-state index in [1.807, 2.05) is 35.2 Å². The van der Waals surface area contributed by atoms with Crippen LogP contribution in [-0.4, -0.2) is 51.3 Å². The minimum atomic E-state index is -0.399. The standard InChI is InChI=1S/C17H16ClN7O2/c18-13-6-7-15(16(12-13)25(26)27)22-8-10-23(11-9-22)17-19-20-21-24(17)14-4-2-1-3-5-14/h1-7,12H,8-11H2. The summed E-state index contributed by atoms with van der Waals surface area (Å²) in [4.78, 5) is 15.0. The van der Waals surface area contributed by atoms with Crippen molar-refractivity contribution in [1.29, 1.82) is 0 Å². The molecule has 0 saturated carbocycles. The van der Waals surface area contributed by atoms with E-state index in [1.54, 1.807) is 16.8 Å². The SMILES string of the molecule is O=[N+]([O-])c1cc(Cl)ccc1N1CCN(c2nnnn2-c2ccccc2)CC1. The molecule has 0 N–H and O–H groups in total. The van der Waals surface area contributed by atoms with Gasteiger partial charge in [0.05, 0.1) is 10.6 Å². The molecule has 10 heteroatoms. The van der Waals surface area contributed by atoms with Gasteiger partial charge >= 0.3 is 0 Å². The maximum absolute atomic E-state index is 11.3. The molecule has 1 aliphatic rings. The zero-order chi connectivity index (χ0) is 18.8. The molecule has 9 nitrogen and oxygen atoms in total. The quantitative estimate of drug-likeness (QED) is 0.503. The lowest BCUT2D eigenvalue weighted by atomic mass is 10.2. The van der Waals surface area contributed by atoms with Crippen molar-refractivity contribution in [2.24, 2.45) is 0 Å². The maximum atomic E-state index is 11.3. The van der Waals surface area contributed by atoms with E-state index in [4.69, 9.17) is 11.6 Å². The van der Waals surface area contributed by atoms with Gasteiger partial charge in [-0.15, -0.1) is 0 Å². The van der Waals surface area contributed by atoms with Gasteiger partial charge < -0.3 is 9.80 Å². The summed E-state index contributed by atoms with van der Waals surface area (Å²) in [6.45, 7) is 2.52. The molecule has 1 fully saturated rings. The van der Waals surface area contributed by atoms with Crippen LogP contribution in [0.4, 0.5) is 17.3 Å². The van der Waals surface area contributed by atoms with E-state index in [2.05, 4.69) is 20.4 Å². The van der Waals surface area contributed by atoms with E-state index < -0.39 is 4.92 Å². The zero-order valence-electron chi connectivity index (χ0n) is 14.3. The van der Waals surface area contributed by atoms with Crippen molar-refractivity contribution in [3.63, 3.8) is 0 Å². The van der Waals surface area contributed by atoms with Crippen LogP contribution in [0.3, 0.4) is 0 Å². The van der Waals surface area contributed by atoms with Gasteiger partial charge in [-0.1, -0.05) is 34.9 Å². The van der Waals surface area contributed by atoms with Crippen LogP contribution >= 0.6 is 11.6 Å². The fourth-order valence-electron chi connectivity index (χ4n) is 3.17. The summed E-state index contributed by atoms with van der Waals surface area (Å²) in [7, 11) is 0. The van der Waals surface area contributed by atoms with Crippen molar-refractivity contribution in [2.75, 3.05) is 36.0 Å². The summed E-state index contributed by atoms with van der Waals surface area (Å²) in [6, 6.07) is 14.4. The van der Waals surface area contributed by atoms with Crippen LogP contribution in [0.15, 0.2) is 48.5 Å². The van der Waals surface area contributed by atoms with E-state index in [-0.39, 0.29) is 5.69 Å². The first-order valence-electron chi connectivity index (χ1n) is 8.41. The second-order valence-electron chi connectivity index (χ2n) is 6.09. The molecule has 1 aromatic heterocycles. The van der Waals surface area contributed by atoms with Crippen molar-refractivity contribution in [1.82, 2.24) is 20.2 Å². The van der Waals surface area contributed by atoms with E-state index in [9.17, 15) is 10.1 Å². The van der Waals surface area contributed by atoms with Crippen LogP contribution in [-0.2, 0) is 0 Å². The number of piperazine rings is 1. The maximum Gasteiger partial charge on any atom is 0.294 e. The lowest BCUT2D eigenvalue weighted by Crippen LogP contribution is -2.47. The minimum Gasteiger partial charge on any atom is -0.362 e. The fraction of sp³-hybridized carbons (Fsp3) is 0.235. The molecule has 0 spiro atoms. The van der Waals surface area contributed by atoms with E-state index in [0.717, 1.165) is 5.69 Å². The third-order valence-corrected chi connectivity index (χ3v) is 4.73. The predicted molar refractivity (Wildman–Crippen MR) is 102 cm³/mol. The molecule has 0 unspecified atom stereocenters. The van der Waals surface area contributed by atoms with Crippen molar-refractivity contribution >= 4 is 28.9 Å². The summed E-state index contributed by atoms with van der Waals surface area (Å²) in [6.07, 6.45) is 0. The second-order valence-corrected chi connectivity index (χ2v) is 6.53.